The molecule has 74 heavy (non-hydrogen) atoms. The minimum atomic E-state index is -1.06. The third-order valence-corrected chi connectivity index (χ3v) is 17.1. The van der Waals surface area contributed by atoms with E-state index in [9.17, 15) is 24.0 Å². The highest BCUT2D eigenvalue weighted by Crippen LogP contribution is 2.56. The maximum absolute atomic E-state index is 16.2. The molecule has 394 valence electrons. The number of carbonyl (C=O) groups is 5. The summed E-state index contributed by atoms with van der Waals surface area (Å²) in [7, 11) is 2.84. The number of anilines is 1. The summed E-state index contributed by atoms with van der Waals surface area (Å²) in [5.74, 6) is -1.39. The third-order valence-electron chi connectivity index (χ3n) is 16.7. The van der Waals surface area contributed by atoms with Crippen molar-refractivity contribution in [1.82, 2.24) is 15.1 Å². The van der Waals surface area contributed by atoms with Crippen molar-refractivity contribution in [3.05, 3.63) is 106 Å². The number of likely N-dealkylation sites (tertiary alicyclic amines) is 2. The van der Waals surface area contributed by atoms with Crippen molar-refractivity contribution in [2.24, 2.45) is 23.5 Å². The molecular weight excluding hydrogens is 968 g/mol. The van der Waals surface area contributed by atoms with Gasteiger partial charge in [-0.2, -0.15) is 0 Å². The monoisotopic (exact) mass is 1040 g/mol. The number of Topliss-reactive ketones (excluding diaryl/α,β-unsaturated/α-hetero) is 2. The van der Waals surface area contributed by atoms with Gasteiger partial charge in [0.2, 0.25) is 11.8 Å². The van der Waals surface area contributed by atoms with Crippen molar-refractivity contribution in [2.45, 2.75) is 108 Å². The lowest BCUT2D eigenvalue weighted by Crippen LogP contribution is -2.48. The van der Waals surface area contributed by atoms with Crippen LogP contribution in [-0.2, 0) is 20.0 Å². The predicted octanol–water partition coefficient (Wildman–Crippen LogP) is 9.64. The van der Waals surface area contributed by atoms with E-state index < -0.39 is 29.1 Å². The first kappa shape index (κ1) is 52.9. The summed E-state index contributed by atoms with van der Waals surface area (Å²) in [6, 6.07) is 18.8. The Morgan fingerprint density at radius 1 is 0.838 bits per heavy atom. The van der Waals surface area contributed by atoms with Crippen LogP contribution in [0.2, 0.25) is 5.02 Å². The van der Waals surface area contributed by atoms with Gasteiger partial charge in [-0.05, 0) is 132 Å². The van der Waals surface area contributed by atoms with Crippen LogP contribution in [0.4, 0.5) is 14.5 Å². The first-order chi connectivity index (χ1) is 35.7. The van der Waals surface area contributed by atoms with Crippen LogP contribution < -0.4 is 30.2 Å². The molecule has 0 spiro atoms. The molecule has 1 aliphatic carbocycles. The molecule has 2 atom stereocenters. The van der Waals surface area contributed by atoms with Gasteiger partial charge in [0.15, 0.2) is 17.2 Å². The largest absolute Gasteiger partial charge is 0.495 e. The van der Waals surface area contributed by atoms with Crippen molar-refractivity contribution in [3.63, 3.8) is 0 Å². The number of ether oxygens (including phenoxy) is 3. The van der Waals surface area contributed by atoms with Crippen LogP contribution >= 0.6 is 11.6 Å². The number of nitrogens with two attached hydrogens (primary N) is 1. The SMILES string of the molecule is COc1ccc(C(=O)N2CCC(CC3CCN(CCCC(=O)C4CCC(NC[C@]5(c6ccccc6)Oc6cc(F)c(Cl)c(-c7c(C(N)=O)ccc(OC)c7F)c6[C@@H]5C)CC4)CC3)CC2)cc1N1CCC(=O)CC1=O. The smallest absolute Gasteiger partial charge is 0.253 e. The number of fused-ring (bicyclic) bond motifs is 1. The highest BCUT2D eigenvalue weighted by atomic mass is 35.5. The topological polar surface area (TPSA) is 161 Å². The van der Waals surface area contributed by atoms with E-state index in [2.05, 4.69) is 10.2 Å². The Labute approximate surface area is 437 Å². The molecule has 4 aromatic carbocycles. The lowest BCUT2D eigenvalue weighted by molar-refractivity contribution is -0.128. The van der Waals surface area contributed by atoms with Crippen LogP contribution in [0.1, 0.15) is 128 Å². The maximum Gasteiger partial charge on any atom is 0.253 e. The van der Waals surface area contributed by atoms with Gasteiger partial charge in [0.25, 0.3) is 5.91 Å². The Hall–Kier alpha value is -5.90. The molecule has 0 bridgehead atoms. The average molecular weight is 1040 g/mol. The highest BCUT2D eigenvalue weighted by molar-refractivity contribution is 6.34. The van der Waals surface area contributed by atoms with Gasteiger partial charge in [0, 0.05) is 85.2 Å². The summed E-state index contributed by atoms with van der Waals surface area (Å²) in [4.78, 5) is 70.4. The van der Waals surface area contributed by atoms with Crippen molar-refractivity contribution in [1.29, 1.82) is 0 Å². The molecule has 3 N–H and O–H groups in total. The van der Waals surface area contributed by atoms with Crippen LogP contribution in [0, 0.1) is 29.4 Å². The molecule has 1 saturated carbocycles. The van der Waals surface area contributed by atoms with Gasteiger partial charge < -0.3 is 40.0 Å². The van der Waals surface area contributed by atoms with E-state index in [0.717, 1.165) is 83.0 Å². The zero-order valence-electron chi connectivity index (χ0n) is 42.7. The van der Waals surface area contributed by atoms with Crippen LogP contribution in [0.5, 0.6) is 17.2 Å². The summed E-state index contributed by atoms with van der Waals surface area (Å²) in [5.41, 5.74) is 6.61. The molecule has 4 aromatic rings. The molecule has 0 unspecified atom stereocenters. The van der Waals surface area contributed by atoms with Gasteiger partial charge in [0.05, 0.1) is 36.9 Å². The molecule has 4 heterocycles. The molecule has 0 radical (unpaired) electrons. The number of hydrogen-bond donors (Lipinski definition) is 2. The minimum absolute atomic E-state index is 0.00101. The molecule has 9 rings (SSSR count). The summed E-state index contributed by atoms with van der Waals surface area (Å²) in [6.45, 7) is 6.93. The quantitative estimate of drug-likeness (QED) is 0.0975. The maximum atomic E-state index is 16.2. The van der Waals surface area contributed by atoms with Gasteiger partial charge in [-0.15, -0.1) is 0 Å². The Balaban J connectivity index is 0.723. The second kappa shape index (κ2) is 22.9. The first-order valence-electron chi connectivity index (χ1n) is 26.4. The number of nitrogens with one attached hydrogen (secondary N) is 1. The van der Waals surface area contributed by atoms with Crippen molar-refractivity contribution in [2.75, 3.05) is 64.9 Å². The lowest BCUT2D eigenvalue weighted by atomic mass is 9.76. The van der Waals surface area contributed by atoms with Gasteiger partial charge in [-0.25, -0.2) is 8.78 Å². The number of hydrogen-bond acceptors (Lipinski definition) is 10. The molecule has 0 aromatic heterocycles. The van der Waals surface area contributed by atoms with Crippen molar-refractivity contribution >= 4 is 46.6 Å². The highest BCUT2D eigenvalue weighted by Gasteiger charge is 2.50. The Bertz CT molecular complexity index is 2760. The molecule has 4 aliphatic heterocycles. The predicted molar refractivity (Wildman–Crippen MR) is 279 cm³/mol. The van der Waals surface area contributed by atoms with Crippen molar-refractivity contribution in [3.8, 4) is 28.4 Å². The molecule has 13 nitrogen and oxygen atoms in total. The number of primary amides is 1. The second-order valence-electron chi connectivity index (χ2n) is 21.1. The Morgan fingerprint density at radius 2 is 1.51 bits per heavy atom. The fourth-order valence-electron chi connectivity index (χ4n) is 12.4. The normalized spacial score (nSPS) is 22.9. The molecule has 3 saturated heterocycles. The van der Waals surface area contributed by atoms with E-state index in [1.54, 1.807) is 23.1 Å². The van der Waals surface area contributed by atoms with Gasteiger partial charge in [-0.1, -0.05) is 48.9 Å². The van der Waals surface area contributed by atoms with E-state index in [1.165, 1.54) is 38.8 Å². The minimum Gasteiger partial charge on any atom is -0.495 e. The molecule has 4 fully saturated rings. The fraction of sp³-hybridized carbons (Fsp3) is 0.500. The number of methoxy groups -OCH3 is 2. The number of rotatable bonds is 17. The molecule has 5 aliphatic rings. The summed E-state index contributed by atoms with van der Waals surface area (Å²) >= 11 is 6.70. The number of amides is 3. The zero-order valence-corrected chi connectivity index (χ0v) is 43.5. The number of ketones is 2. The van der Waals surface area contributed by atoms with Gasteiger partial charge in [0.1, 0.15) is 28.9 Å². The van der Waals surface area contributed by atoms with E-state index >= 15 is 8.78 Å². The van der Waals surface area contributed by atoms with Crippen molar-refractivity contribution < 1.29 is 47.0 Å². The standard InChI is InChI=1S/C58H68ClF2N5O8/c1-35-51-49(33-44(60)54(59)53(51)52-43(56(62)70)16-18-48(73-3)55(52)61)74-58(35,40-8-5-4-6-9-40)34-63-41-14-11-38(12-15-41)46(68)10-7-24-64-25-19-36(20-26-64)30-37-21-27-65(28-22-37)57(71)39-13-17-47(72-2)45(31-39)66-29-23-42(67)32-50(66)69/h4-6,8-9,13,16-18,31,33,35-38,41,63H,7,10-12,14-15,19-30,32,34H2,1-3H3,(H2,62,70)/t35-,38?,41?,58-/m0/s1. The third kappa shape index (κ3) is 10.9. The Morgan fingerprint density at radius 3 is 2.18 bits per heavy atom. The zero-order chi connectivity index (χ0) is 52.3. The summed E-state index contributed by atoms with van der Waals surface area (Å²) in [5, 5.41) is 3.39. The fourth-order valence-corrected chi connectivity index (χ4v) is 12.7. The van der Waals surface area contributed by atoms with Crippen LogP contribution in [0.15, 0.2) is 66.7 Å². The molecular formula is C58H68ClF2N5O8. The van der Waals surface area contributed by atoms with E-state index in [4.69, 9.17) is 31.5 Å². The molecule has 16 heteroatoms. The second-order valence-corrected chi connectivity index (χ2v) is 21.4. The molecule has 3 amide bonds. The van der Waals surface area contributed by atoms with E-state index in [-0.39, 0.29) is 82.2 Å². The number of piperidine rings is 3. The van der Waals surface area contributed by atoms with E-state index in [0.29, 0.717) is 66.2 Å². The summed E-state index contributed by atoms with van der Waals surface area (Å²) < 4.78 is 49.6. The summed E-state index contributed by atoms with van der Waals surface area (Å²) in [6.07, 6.45) is 10.1. The lowest BCUT2D eigenvalue weighted by Gasteiger charge is -2.37. The first-order valence-corrected chi connectivity index (χ1v) is 26.8. The average Bonchev–Trinajstić information content (AvgIpc) is 3.70. The number of nitrogens with zero attached hydrogens (tertiary/aromatic N) is 3. The Kier molecular flexibility index (Phi) is 16.4. The van der Waals surface area contributed by atoms with Crippen LogP contribution in [0.3, 0.4) is 0 Å². The van der Waals surface area contributed by atoms with Gasteiger partial charge in [-0.3, -0.25) is 24.0 Å². The number of carbonyl (C=O) groups excluding carboxylic acids is 5. The van der Waals surface area contributed by atoms with Crippen LogP contribution in [-0.4, -0.2) is 105 Å². The number of halogens is 3. The number of benzene rings is 4. The van der Waals surface area contributed by atoms with Crippen LogP contribution in [0.25, 0.3) is 11.1 Å². The van der Waals surface area contributed by atoms with E-state index in [1.807, 2.05) is 42.2 Å². The van der Waals surface area contributed by atoms with Gasteiger partial charge >= 0.3 is 0 Å².